The van der Waals surface area contributed by atoms with Crippen LogP contribution in [0.4, 0.5) is 10.9 Å². The van der Waals surface area contributed by atoms with Crippen LogP contribution in [0.25, 0.3) is 0 Å². The number of hydrogen-bond acceptors (Lipinski definition) is 5. The number of nitrogens with one attached hydrogen (secondary N) is 2. The molecule has 0 unspecified atom stereocenters. The number of amides is 1. The fraction of sp³-hybridized carbons (Fsp3) is 0.600. The summed E-state index contributed by atoms with van der Waals surface area (Å²) in [5, 5.41) is 6.35. The van der Waals surface area contributed by atoms with E-state index in [9.17, 15) is 4.79 Å². The molecule has 0 fully saturated rings. The predicted octanol–water partition coefficient (Wildman–Crippen LogP) is 1.54. The van der Waals surface area contributed by atoms with Crippen molar-refractivity contribution >= 4 is 28.2 Å². The number of rotatable bonds is 3. The van der Waals surface area contributed by atoms with E-state index >= 15 is 0 Å². The zero-order chi connectivity index (χ0) is 12.3. The highest BCUT2D eigenvalue weighted by molar-refractivity contribution is 7.18. The molecule has 0 spiro atoms. The molecule has 0 atom stereocenters. The van der Waals surface area contributed by atoms with Crippen molar-refractivity contribution in [1.82, 2.24) is 10.3 Å². The largest absolute Gasteiger partial charge is 0.382 e. The maximum atomic E-state index is 11.8. The first-order valence-electron chi connectivity index (χ1n) is 5.06. The molecule has 0 saturated carbocycles. The lowest BCUT2D eigenvalue weighted by molar-refractivity contribution is 0.0944. The first-order chi connectivity index (χ1) is 7.33. The van der Waals surface area contributed by atoms with Gasteiger partial charge in [0.2, 0.25) is 0 Å². The number of nitrogens with zero attached hydrogens (tertiary/aromatic N) is 1. The number of nitrogen functional groups attached to an aromatic ring is 1. The number of carbonyl (C=O) groups is 1. The maximum absolute atomic E-state index is 11.8. The Kier molecular flexibility index (Phi) is 3.74. The molecule has 0 saturated heterocycles. The lowest BCUT2D eigenvalue weighted by Crippen LogP contribution is -2.32. The predicted molar refractivity (Wildman–Crippen MR) is 67.9 cm³/mol. The van der Waals surface area contributed by atoms with Gasteiger partial charge in [0.25, 0.3) is 5.91 Å². The summed E-state index contributed by atoms with van der Waals surface area (Å²) < 4.78 is 0. The van der Waals surface area contributed by atoms with E-state index in [4.69, 9.17) is 5.73 Å². The Balaban J connectivity index is 2.69. The number of aromatic nitrogens is 1. The number of carbonyl (C=O) groups excluding carboxylic acids is 1. The number of hydrogen-bond donors (Lipinski definition) is 3. The Morgan fingerprint density at radius 2 is 2.12 bits per heavy atom. The molecule has 90 valence electrons. The van der Waals surface area contributed by atoms with Gasteiger partial charge in [-0.15, -0.1) is 0 Å². The molecule has 0 radical (unpaired) electrons. The van der Waals surface area contributed by atoms with Gasteiger partial charge in [0, 0.05) is 13.6 Å². The van der Waals surface area contributed by atoms with Gasteiger partial charge in [0.05, 0.1) is 0 Å². The van der Waals surface area contributed by atoms with Crippen LogP contribution < -0.4 is 16.4 Å². The van der Waals surface area contributed by atoms with E-state index in [0.717, 1.165) is 0 Å². The Bertz CT molecular complexity index is 381. The van der Waals surface area contributed by atoms with Gasteiger partial charge in [-0.3, -0.25) is 4.79 Å². The van der Waals surface area contributed by atoms with Crippen LogP contribution in [0.15, 0.2) is 0 Å². The third kappa shape index (κ3) is 3.37. The van der Waals surface area contributed by atoms with Gasteiger partial charge in [0.1, 0.15) is 10.7 Å². The summed E-state index contributed by atoms with van der Waals surface area (Å²) in [7, 11) is 1.75. The topological polar surface area (TPSA) is 80.0 Å². The molecule has 0 bridgehead atoms. The van der Waals surface area contributed by atoms with E-state index in [1.165, 1.54) is 11.3 Å². The molecule has 0 aliphatic rings. The van der Waals surface area contributed by atoms with Crippen molar-refractivity contribution in [1.29, 1.82) is 0 Å². The SMILES string of the molecule is CNc1nc(N)c(C(=O)NCC(C)(C)C)s1. The fourth-order valence-corrected chi connectivity index (χ4v) is 1.78. The quantitative estimate of drug-likeness (QED) is 0.751. The lowest BCUT2D eigenvalue weighted by atomic mass is 9.97. The zero-order valence-electron chi connectivity index (χ0n) is 10.0. The van der Waals surface area contributed by atoms with Crippen LogP contribution in [0.2, 0.25) is 0 Å². The maximum Gasteiger partial charge on any atom is 0.265 e. The molecule has 0 aromatic carbocycles. The van der Waals surface area contributed by atoms with Gasteiger partial charge in [-0.2, -0.15) is 0 Å². The molecule has 1 aromatic rings. The molecule has 0 aliphatic heterocycles. The van der Waals surface area contributed by atoms with Crippen LogP contribution in [0.1, 0.15) is 30.4 Å². The summed E-state index contributed by atoms with van der Waals surface area (Å²) in [5.41, 5.74) is 5.71. The first-order valence-corrected chi connectivity index (χ1v) is 5.87. The van der Waals surface area contributed by atoms with Crippen molar-refractivity contribution in [2.45, 2.75) is 20.8 Å². The molecule has 1 aromatic heterocycles. The van der Waals surface area contributed by atoms with Crippen molar-refractivity contribution in [3.05, 3.63) is 4.88 Å². The van der Waals surface area contributed by atoms with Gasteiger partial charge in [-0.25, -0.2) is 4.98 Å². The van der Waals surface area contributed by atoms with Crippen LogP contribution in [0.5, 0.6) is 0 Å². The molecule has 1 heterocycles. The molecular formula is C10H18N4OS. The van der Waals surface area contributed by atoms with E-state index in [0.29, 0.717) is 16.6 Å². The highest BCUT2D eigenvalue weighted by atomic mass is 32.1. The number of anilines is 2. The average molecular weight is 242 g/mol. The van der Waals surface area contributed by atoms with Gasteiger partial charge >= 0.3 is 0 Å². The summed E-state index contributed by atoms with van der Waals surface area (Å²) >= 11 is 1.26. The lowest BCUT2D eigenvalue weighted by Gasteiger charge is -2.18. The summed E-state index contributed by atoms with van der Waals surface area (Å²) in [6.07, 6.45) is 0. The smallest absolute Gasteiger partial charge is 0.265 e. The van der Waals surface area contributed by atoms with Crippen LogP contribution in [-0.2, 0) is 0 Å². The minimum atomic E-state index is -0.161. The molecule has 0 aliphatic carbocycles. The van der Waals surface area contributed by atoms with Gasteiger partial charge in [-0.05, 0) is 5.41 Å². The van der Waals surface area contributed by atoms with E-state index < -0.39 is 0 Å². The molecule has 1 rings (SSSR count). The molecule has 4 N–H and O–H groups in total. The van der Waals surface area contributed by atoms with Crippen molar-refractivity contribution in [3.63, 3.8) is 0 Å². The highest BCUT2D eigenvalue weighted by Gasteiger charge is 2.18. The van der Waals surface area contributed by atoms with Gasteiger partial charge < -0.3 is 16.4 Å². The normalized spacial score (nSPS) is 11.2. The van der Waals surface area contributed by atoms with Crippen molar-refractivity contribution < 1.29 is 4.79 Å². The Morgan fingerprint density at radius 3 is 2.56 bits per heavy atom. The summed E-state index contributed by atoms with van der Waals surface area (Å²) in [5.74, 6) is 0.118. The number of thiazole rings is 1. The average Bonchev–Trinajstić information content (AvgIpc) is 2.55. The second kappa shape index (κ2) is 4.69. The summed E-state index contributed by atoms with van der Waals surface area (Å²) in [6, 6.07) is 0. The summed E-state index contributed by atoms with van der Waals surface area (Å²) in [6.45, 7) is 6.78. The van der Waals surface area contributed by atoms with E-state index in [2.05, 4.69) is 36.4 Å². The van der Waals surface area contributed by atoms with E-state index in [-0.39, 0.29) is 17.1 Å². The third-order valence-corrected chi connectivity index (χ3v) is 2.94. The molecule has 16 heavy (non-hydrogen) atoms. The van der Waals surface area contributed by atoms with Crippen LogP contribution in [0.3, 0.4) is 0 Å². The Labute approximate surface area is 99.4 Å². The zero-order valence-corrected chi connectivity index (χ0v) is 10.9. The van der Waals surface area contributed by atoms with Gasteiger partial charge in [-0.1, -0.05) is 32.1 Å². The second-order valence-corrected chi connectivity index (χ2v) is 5.73. The van der Waals surface area contributed by atoms with Crippen molar-refractivity contribution in [2.24, 2.45) is 5.41 Å². The Morgan fingerprint density at radius 1 is 1.50 bits per heavy atom. The minimum Gasteiger partial charge on any atom is -0.382 e. The standard InChI is InChI=1S/C10H18N4OS/c1-10(2,3)5-13-8(15)6-7(11)14-9(12-4)16-6/h5,11H2,1-4H3,(H,12,14)(H,13,15). The molecular weight excluding hydrogens is 224 g/mol. The van der Waals surface area contributed by atoms with Crippen LogP contribution in [0, 0.1) is 5.41 Å². The molecule has 1 amide bonds. The highest BCUT2D eigenvalue weighted by Crippen LogP contribution is 2.24. The van der Waals surface area contributed by atoms with Crippen LogP contribution in [-0.4, -0.2) is 24.5 Å². The van der Waals surface area contributed by atoms with Crippen molar-refractivity contribution in [2.75, 3.05) is 24.6 Å². The van der Waals surface area contributed by atoms with E-state index in [1.807, 2.05) is 0 Å². The fourth-order valence-electron chi connectivity index (χ4n) is 1.03. The minimum absolute atomic E-state index is 0.0565. The molecule has 5 nitrogen and oxygen atoms in total. The van der Waals surface area contributed by atoms with E-state index in [1.54, 1.807) is 7.05 Å². The van der Waals surface area contributed by atoms with Gasteiger partial charge in [0.15, 0.2) is 5.13 Å². The second-order valence-electron chi connectivity index (χ2n) is 4.73. The third-order valence-electron chi connectivity index (χ3n) is 1.85. The van der Waals surface area contributed by atoms with Crippen molar-refractivity contribution in [3.8, 4) is 0 Å². The Hall–Kier alpha value is -1.30. The monoisotopic (exact) mass is 242 g/mol. The first kappa shape index (κ1) is 12.8. The summed E-state index contributed by atoms with van der Waals surface area (Å²) in [4.78, 5) is 16.3. The molecule has 6 heteroatoms. The van der Waals surface area contributed by atoms with Crippen LogP contribution >= 0.6 is 11.3 Å². The number of nitrogens with two attached hydrogens (primary N) is 1.